The van der Waals surface area contributed by atoms with Gasteiger partial charge in [0.1, 0.15) is 23.6 Å². The first-order valence-electron chi connectivity index (χ1n) is 16.6. The summed E-state index contributed by atoms with van der Waals surface area (Å²) in [5, 5.41) is 7.43. The maximum atomic E-state index is 16.3. The Balaban J connectivity index is 1.14. The summed E-state index contributed by atoms with van der Waals surface area (Å²) in [6.45, 7) is 6.09. The number of aromatic nitrogens is 3. The first-order valence-corrected chi connectivity index (χ1v) is 16.6. The first kappa shape index (κ1) is 31.4. The highest BCUT2D eigenvalue weighted by Gasteiger charge is 2.45. The van der Waals surface area contributed by atoms with Crippen molar-refractivity contribution in [1.82, 2.24) is 30.5 Å². The number of pyridine rings is 1. The van der Waals surface area contributed by atoms with Gasteiger partial charge in [-0.1, -0.05) is 24.3 Å². The van der Waals surface area contributed by atoms with E-state index in [-0.39, 0.29) is 46.7 Å². The quantitative estimate of drug-likeness (QED) is 0.212. The van der Waals surface area contributed by atoms with Gasteiger partial charge in [0.25, 0.3) is 11.6 Å². The zero-order chi connectivity index (χ0) is 32.6. The number of carbonyl (C=O) groups is 1. The van der Waals surface area contributed by atoms with Gasteiger partial charge in [-0.3, -0.25) is 19.7 Å². The molecule has 47 heavy (non-hydrogen) atoms. The molecule has 3 saturated heterocycles. The molecule has 0 radical (unpaired) electrons. The highest BCUT2D eigenvalue weighted by molar-refractivity contribution is 5.99. The topological polar surface area (TPSA) is 121 Å². The Morgan fingerprint density at radius 1 is 1.11 bits per heavy atom. The van der Waals surface area contributed by atoms with E-state index in [2.05, 4.69) is 30.5 Å². The van der Waals surface area contributed by atoms with Gasteiger partial charge in [-0.15, -0.1) is 0 Å². The van der Waals surface area contributed by atoms with Crippen LogP contribution in [0.25, 0.3) is 32.9 Å². The molecule has 3 aliphatic rings. The van der Waals surface area contributed by atoms with E-state index >= 15 is 8.78 Å². The van der Waals surface area contributed by atoms with Crippen molar-refractivity contribution in [3.8, 4) is 17.3 Å². The highest BCUT2D eigenvalue weighted by atomic mass is 19.1. The Hall–Kier alpha value is -4.16. The van der Waals surface area contributed by atoms with Gasteiger partial charge in [0.05, 0.1) is 23.1 Å². The molecular weight excluding hydrogens is 606 g/mol. The smallest absolute Gasteiger partial charge is 0.407 e. The summed E-state index contributed by atoms with van der Waals surface area (Å²) in [7, 11) is 0. The van der Waals surface area contributed by atoms with Crippen LogP contribution in [0.2, 0.25) is 0 Å². The van der Waals surface area contributed by atoms with Crippen LogP contribution in [0.3, 0.4) is 0 Å². The summed E-state index contributed by atoms with van der Waals surface area (Å²) in [6, 6.07) is 8.26. The summed E-state index contributed by atoms with van der Waals surface area (Å²) < 4.78 is 43.2. The molecule has 2 aromatic heterocycles. The van der Waals surface area contributed by atoms with Crippen LogP contribution in [0.15, 0.2) is 41.3 Å². The van der Waals surface area contributed by atoms with Crippen molar-refractivity contribution >= 4 is 27.8 Å². The number of benzene rings is 2. The van der Waals surface area contributed by atoms with Gasteiger partial charge in [-0.25, -0.2) is 13.6 Å². The van der Waals surface area contributed by atoms with Crippen molar-refractivity contribution in [3.05, 3.63) is 64.1 Å². The summed E-state index contributed by atoms with van der Waals surface area (Å²) in [5.41, 5.74) is -0.438. The molecule has 0 saturated carbocycles. The van der Waals surface area contributed by atoms with Crippen LogP contribution in [0.4, 0.5) is 13.6 Å². The number of rotatable bonds is 9. The number of hydrogen-bond acceptors (Lipinski definition) is 8. The third-order valence-electron chi connectivity index (χ3n) is 10.1. The summed E-state index contributed by atoms with van der Waals surface area (Å²) >= 11 is 0. The summed E-state index contributed by atoms with van der Waals surface area (Å²) in [6.07, 6.45) is 7.45. The molecule has 4 aromatic rings. The number of piperidine rings is 1. The zero-order valence-corrected chi connectivity index (χ0v) is 26.6. The molecule has 12 heteroatoms. The van der Waals surface area contributed by atoms with Crippen LogP contribution < -0.4 is 20.9 Å². The molecule has 3 aliphatic heterocycles. The van der Waals surface area contributed by atoms with Crippen LogP contribution in [0.5, 0.6) is 6.01 Å². The van der Waals surface area contributed by atoms with E-state index < -0.39 is 23.3 Å². The Kier molecular flexibility index (Phi) is 8.56. The van der Waals surface area contributed by atoms with Gasteiger partial charge < -0.3 is 20.1 Å². The van der Waals surface area contributed by atoms with Crippen molar-refractivity contribution < 1.29 is 23.0 Å². The molecule has 7 rings (SSSR count). The minimum absolute atomic E-state index is 0.0000517. The van der Waals surface area contributed by atoms with E-state index in [0.717, 1.165) is 58.2 Å². The average molecular weight is 647 g/mol. The second kappa shape index (κ2) is 12.8. The zero-order valence-electron chi connectivity index (χ0n) is 26.6. The predicted molar refractivity (Wildman–Crippen MR) is 175 cm³/mol. The third kappa shape index (κ3) is 6.16. The van der Waals surface area contributed by atoms with Crippen LogP contribution >= 0.6 is 0 Å². The van der Waals surface area contributed by atoms with Gasteiger partial charge in [0, 0.05) is 18.3 Å². The molecule has 248 valence electrons. The van der Waals surface area contributed by atoms with E-state index in [1.54, 1.807) is 18.2 Å². The fourth-order valence-electron chi connectivity index (χ4n) is 7.70. The SMILES string of the molecule is CC1(NC(=O)OCCCc2c(F)ccc3cccc(-c4ncc5c(=O)[nH]c(OCC67CCCN6CCC7)nc5c4F)c23)CCCNC1. The maximum Gasteiger partial charge on any atom is 0.407 e. The molecule has 1 amide bonds. The van der Waals surface area contributed by atoms with Crippen molar-refractivity contribution in [2.75, 3.05) is 39.4 Å². The summed E-state index contributed by atoms with van der Waals surface area (Å²) in [5.74, 6) is -1.23. The minimum Gasteiger partial charge on any atom is -0.463 e. The van der Waals surface area contributed by atoms with Crippen LogP contribution in [-0.2, 0) is 11.2 Å². The van der Waals surface area contributed by atoms with E-state index in [1.165, 1.54) is 12.3 Å². The van der Waals surface area contributed by atoms with Crippen molar-refractivity contribution in [3.63, 3.8) is 0 Å². The fourth-order valence-corrected chi connectivity index (χ4v) is 7.70. The summed E-state index contributed by atoms with van der Waals surface area (Å²) in [4.78, 5) is 39.2. The molecule has 10 nitrogen and oxygen atoms in total. The van der Waals surface area contributed by atoms with Crippen LogP contribution in [0, 0.1) is 11.6 Å². The predicted octanol–water partition coefficient (Wildman–Crippen LogP) is 5.22. The third-order valence-corrected chi connectivity index (χ3v) is 10.1. The van der Waals surface area contributed by atoms with Gasteiger partial charge >= 0.3 is 6.09 Å². The molecular formula is C35H40F2N6O4. The van der Waals surface area contributed by atoms with E-state index in [0.29, 0.717) is 41.5 Å². The normalized spacial score (nSPS) is 20.8. The lowest BCUT2D eigenvalue weighted by molar-refractivity contribution is 0.107. The average Bonchev–Trinajstić information content (AvgIpc) is 3.64. The number of fused-ring (bicyclic) bond motifs is 3. The van der Waals surface area contributed by atoms with Gasteiger partial charge in [0.2, 0.25) is 0 Å². The molecule has 0 spiro atoms. The Labute approximate surface area is 271 Å². The number of H-pyrrole nitrogens is 1. The Morgan fingerprint density at radius 3 is 2.72 bits per heavy atom. The molecule has 3 fully saturated rings. The fraction of sp³-hybridized carbons (Fsp3) is 0.486. The second-order valence-corrected chi connectivity index (χ2v) is 13.4. The number of ether oxygens (including phenoxy) is 2. The first-order chi connectivity index (χ1) is 22.8. The number of halogens is 2. The largest absolute Gasteiger partial charge is 0.463 e. The number of nitrogens with one attached hydrogen (secondary N) is 3. The van der Waals surface area contributed by atoms with E-state index in [4.69, 9.17) is 9.47 Å². The molecule has 1 unspecified atom stereocenters. The van der Waals surface area contributed by atoms with Crippen LogP contribution in [-0.4, -0.2) is 76.4 Å². The van der Waals surface area contributed by atoms with Crippen molar-refractivity contribution in [1.29, 1.82) is 0 Å². The number of amides is 1. The van der Waals surface area contributed by atoms with Crippen molar-refractivity contribution in [2.45, 2.75) is 69.4 Å². The number of carbonyl (C=O) groups excluding carboxylic acids is 1. The minimum atomic E-state index is -0.784. The van der Waals surface area contributed by atoms with E-state index in [9.17, 15) is 9.59 Å². The molecule has 3 N–H and O–H groups in total. The van der Waals surface area contributed by atoms with Crippen molar-refractivity contribution in [2.24, 2.45) is 0 Å². The number of alkyl carbamates (subject to hydrolysis) is 1. The maximum absolute atomic E-state index is 16.3. The van der Waals surface area contributed by atoms with Gasteiger partial charge in [0.15, 0.2) is 5.82 Å². The van der Waals surface area contributed by atoms with E-state index in [1.807, 2.05) is 13.0 Å². The number of nitrogens with zero attached hydrogens (tertiary/aromatic N) is 3. The van der Waals surface area contributed by atoms with Crippen LogP contribution in [0.1, 0.15) is 57.4 Å². The monoisotopic (exact) mass is 646 g/mol. The molecule has 2 aromatic carbocycles. The molecule has 1 atom stereocenters. The lowest BCUT2D eigenvalue weighted by Crippen LogP contribution is -2.55. The number of aryl methyl sites for hydroxylation is 1. The highest BCUT2D eigenvalue weighted by Crippen LogP contribution is 2.39. The number of hydrogen-bond donors (Lipinski definition) is 3. The lowest BCUT2D eigenvalue weighted by Gasteiger charge is -2.34. The second-order valence-electron chi connectivity index (χ2n) is 13.4. The lowest BCUT2D eigenvalue weighted by atomic mass is 9.93. The standard InChI is InChI=1S/C35H40F2N6O4/c1-34(12-4-15-38-20-34)42-33(45)46-18-3-9-23-26(36)11-10-22-7-2-8-24(27(22)23)29-28(37)30-25(19-39-29)31(44)41-32(40-30)47-21-35-13-5-16-43(35)17-6-14-35/h2,7-8,10-11,19,38H,3-6,9,12-18,20-21H2,1H3,(H,42,45)(H,40,41,44). The van der Waals surface area contributed by atoms with Gasteiger partial charge in [-0.05, 0) is 100 Å². The number of aromatic amines is 1. The Morgan fingerprint density at radius 2 is 1.94 bits per heavy atom. The van der Waals surface area contributed by atoms with Gasteiger partial charge in [-0.2, -0.15) is 4.98 Å². The molecule has 0 bridgehead atoms. The molecule has 5 heterocycles. The Bertz CT molecular complexity index is 1860. The molecule has 0 aliphatic carbocycles.